The molecule has 1 amide bonds. The third-order valence-electron chi connectivity index (χ3n) is 4.64. The lowest BCUT2D eigenvalue weighted by Gasteiger charge is -2.17. The number of carbonyl (C=O) groups excluding carboxylic acids is 1. The van der Waals surface area contributed by atoms with Crippen LogP contribution in [-0.4, -0.2) is 12.7 Å². The summed E-state index contributed by atoms with van der Waals surface area (Å²) in [4.78, 5) is 12.9. The first-order chi connectivity index (χ1) is 13.7. The molecule has 28 heavy (non-hydrogen) atoms. The van der Waals surface area contributed by atoms with Gasteiger partial charge in [0.2, 0.25) is 6.79 Å². The summed E-state index contributed by atoms with van der Waals surface area (Å²) in [5.74, 6) is 2.06. The number of benzene rings is 3. The lowest BCUT2D eigenvalue weighted by Crippen LogP contribution is -2.27. The number of nitrogens with one attached hydrogen (secondary N) is 1. The molecule has 4 rings (SSSR count). The number of rotatable bonds is 6. The Bertz CT molecular complexity index is 971. The van der Waals surface area contributed by atoms with Crippen molar-refractivity contribution in [2.45, 2.75) is 19.6 Å². The minimum atomic E-state index is -0.176. The second kappa shape index (κ2) is 8.05. The molecule has 0 radical (unpaired) electrons. The van der Waals surface area contributed by atoms with Crippen LogP contribution >= 0.6 is 0 Å². The topological polar surface area (TPSA) is 56.8 Å². The molecule has 0 fully saturated rings. The van der Waals surface area contributed by atoms with Gasteiger partial charge in [0.15, 0.2) is 11.5 Å². The van der Waals surface area contributed by atoms with E-state index in [9.17, 15) is 4.79 Å². The van der Waals surface area contributed by atoms with Crippen molar-refractivity contribution in [3.63, 3.8) is 0 Å². The van der Waals surface area contributed by atoms with Gasteiger partial charge >= 0.3 is 0 Å². The van der Waals surface area contributed by atoms with Crippen molar-refractivity contribution < 1.29 is 19.0 Å². The van der Waals surface area contributed by atoms with E-state index < -0.39 is 0 Å². The third kappa shape index (κ3) is 3.93. The zero-order chi connectivity index (χ0) is 19.3. The quantitative estimate of drug-likeness (QED) is 0.690. The Morgan fingerprint density at radius 2 is 1.75 bits per heavy atom. The summed E-state index contributed by atoms with van der Waals surface area (Å²) in [6.45, 7) is 2.50. The summed E-state index contributed by atoms with van der Waals surface area (Å²) in [7, 11) is 0. The van der Waals surface area contributed by atoms with E-state index in [2.05, 4.69) is 5.32 Å². The predicted octanol–water partition coefficient (Wildman–Crippen LogP) is 4.49. The van der Waals surface area contributed by atoms with Gasteiger partial charge in [-0.3, -0.25) is 4.79 Å². The summed E-state index contributed by atoms with van der Waals surface area (Å²) in [5.41, 5.74) is 2.39. The molecule has 1 atom stereocenters. The second-order valence-corrected chi connectivity index (χ2v) is 6.57. The molecule has 0 aromatic heterocycles. The number of fused-ring (bicyclic) bond motifs is 1. The number of para-hydroxylation sites is 1. The predicted molar refractivity (Wildman–Crippen MR) is 106 cm³/mol. The van der Waals surface area contributed by atoms with E-state index in [1.54, 1.807) is 0 Å². The molecule has 3 aromatic carbocycles. The van der Waals surface area contributed by atoms with E-state index in [1.165, 1.54) is 0 Å². The second-order valence-electron chi connectivity index (χ2n) is 6.57. The fraction of sp³-hybridized carbons (Fsp3) is 0.174. The van der Waals surface area contributed by atoms with Crippen molar-refractivity contribution in [3.8, 4) is 17.2 Å². The molecule has 3 aromatic rings. The van der Waals surface area contributed by atoms with Crippen LogP contribution < -0.4 is 19.5 Å². The van der Waals surface area contributed by atoms with Crippen LogP contribution in [0.2, 0.25) is 0 Å². The van der Waals surface area contributed by atoms with Crippen LogP contribution in [0.25, 0.3) is 0 Å². The smallest absolute Gasteiger partial charge is 0.252 e. The number of hydrogen-bond donors (Lipinski definition) is 1. The number of carbonyl (C=O) groups is 1. The maximum atomic E-state index is 12.9. The summed E-state index contributed by atoms with van der Waals surface area (Å²) in [6, 6.07) is 22.6. The first-order valence-corrected chi connectivity index (χ1v) is 9.17. The Morgan fingerprint density at radius 3 is 2.61 bits per heavy atom. The molecule has 1 unspecified atom stereocenters. The van der Waals surface area contributed by atoms with Crippen LogP contribution in [0.3, 0.4) is 0 Å². The Labute approximate surface area is 163 Å². The summed E-state index contributed by atoms with van der Waals surface area (Å²) < 4.78 is 16.6. The number of ether oxygens (including phenoxy) is 3. The average Bonchev–Trinajstić information content (AvgIpc) is 3.21. The van der Waals surface area contributed by atoms with Crippen molar-refractivity contribution in [3.05, 3.63) is 89.5 Å². The fourth-order valence-electron chi connectivity index (χ4n) is 3.09. The highest BCUT2D eigenvalue weighted by atomic mass is 16.7. The van der Waals surface area contributed by atoms with Crippen molar-refractivity contribution in [1.82, 2.24) is 5.32 Å². The van der Waals surface area contributed by atoms with Gasteiger partial charge < -0.3 is 19.5 Å². The van der Waals surface area contributed by atoms with Gasteiger partial charge in [-0.05, 0) is 42.8 Å². The highest BCUT2D eigenvalue weighted by Crippen LogP contribution is 2.34. The van der Waals surface area contributed by atoms with Gasteiger partial charge in [-0.25, -0.2) is 0 Å². The van der Waals surface area contributed by atoms with Crippen LogP contribution in [0.1, 0.15) is 34.5 Å². The Balaban J connectivity index is 1.46. The third-order valence-corrected chi connectivity index (χ3v) is 4.64. The lowest BCUT2D eigenvalue weighted by molar-refractivity contribution is 0.0937. The zero-order valence-corrected chi connectivity index (χ0v) is 15.6. The van der Waals surface area contributed by atoms with E-state index in [-0.39, 0.29) is 18.7 Å². The summed E-state index contributed by atoms with van der Waals surface area (Å²) in [6.07, 6.45) is 0. The Hall–Kier alpha value is -3.47. The van der Waals surface area contributed by atoms with Crippen LogP contribution in [0, 0.1) is 0 Å². The Morgan fingerprint density at radius 1 is 1.00 bits per heavy atom. The molecule has 5 nitrogen and oxygen atoms in total. The molecule has 1 heterocycles. The lowest BCUT2D eigenvalue weighted by atomic mass is 10.0. The highest BCUT2D eigenvalue weighted by molar-refractivity contribution is 5.95. The van der Waals surface area contributed by atoms with Crippen molar-refractivity contribution in [1.29, 1.82) is 0 Å². The average molecular weight is 375 g/mol. The minimum absolute atomic E-state index is 0.141. The molecular weight excluding hydrogens is 354 g/mol. The largest absolute Gasteiger partial charge is 0.489 e. The molecule has 1 N–H and O–H groups in total. The zero-order valence-electron chi connectivity index (χ0n) is 15.6. The van der Waals surface area contributed by atoms with Gasteiger partial charge in [0.1, 0.15) is 12.4 Å². The number of hydrogen-bond acceptors (Lipinski definition) is 4. The minimum Gasteiger partial charge on any atom is -0.489 e. The van der Waals surface area contributed by atoms with Gasteiger partial charge in [-0.1, -0.05) is 42.5 Å². The molecule has 0 spiro atoms. The molecule has 0 bridgehead atoms. The van der Waals surface area contributed by atoms with E-state index in [4.69, 9.17) is 14.2 Å². The normalized spacial score (nSPS) is 13.0. The number of amides is 1. The first kappa shape index (κ1) is 17.9. The van der Waals surface area contributed by atoms with Gasteiger partial charge in [0, 0.05) is 11.1 Å². The van der Waals surface area contributed by atoms with E-state index >= 15 is 0 Å². The molecule has 0 saturated carbocycles. The van der Waals surface area contributed by atoms with Crippen molar-refractivity contribution in [2.75, 3.05) is 6.79 Å². The van der Waals surface area contributed by atoms with Gasteiger partial charge in [-0.2, -0.15) is 0 Å². The van der Waals surface area contributed by atoms with E-state index in [0.717, 1.165) is 22.6 Å². The van der Waals surface area contributed by atoms with Crippen LogP contribution in [0.5, 0.6) is 17.2 Å². The van der Waals surface area contributed by atoms with Crippen LogP contribution in [0.15, 0.2) is 72.8 Å². The van der Waals surface area contributed by atoms with Crippen LogP contribution in [0.4, 0.5) is 0 Å². The SMILES string of the molecule is CC(NC(=O)c1ccccc1COc1ccccc1)c1ccc2c(c1)OCO2. The highest BCUT2D eigenvalue weighted by Gasteiger charge is 2.18. The maximum Gasteiger partial charge on any atom is 0.252 e. The Kier molecular flexibility index (Phi) is 5.15. The summed E-state index contributed by atoms with van der Waals surface area (Å²) >= 11 is 0. The van der Waals surface area contributed by atoms with Gasteiger partial charge in [-0.15, -0.1) is 0 Å². The monoisotopic (exact) mass is 375 g/mol. The molecule has 142 valence electrons. The molecule has 1 aliphatic heterocycles. The maximum absolute atomic E-state index is 12.9. The standard InChI is InChI=1S/C23H21NO4/c1-16(17-11-12-21-22(13-17)28-15-27-21)24-23(25)20-10-6-5-7-18(20)14-26-19-8-3-2-4-9-19/h2-13,16H,14-15H2,1H3,(H,24,25). The fourth-order valence-corrected chi connectivity index (χ4v) is 3.09. The van der Waals surface area contributed by atoms with Crippen LogP contribution in [-0.2, 0) is 6.61 Å². The molecular formula is C23H21NO4. The molecule has 5 heteroatoms. The first-order valence-electron chi connectivity index (χ1n) is 9.17. The van der Waals surface area contributed by atoms with Gasteiger partial charge in [0.05, 0.1) is 6.04 Å². The summed E-state index contributed by atoms with van der Waals surface area (Å²) in [5, 5.41) is 3.05. The van der Waals surface area contributed by atoms with E-state index in [0.29, 0.717) is 17.9 Å². The molecule has 1 aliphatic rings. The molecule has 0 aliphatic carbocycles. The van der Waals surface area contributed by atoms with E-state index in [1.807, 2.05) is 79.7 Å². The van der Waals surface area contributed by atoms with Gasteiger partial charge in [0.25, 0.3) is 5.91 Å². The molecule has 0 saturated heterocycles. The van der Waals surface area contributed by atoms with Crippen molar-refractivity contribution in [2.24, 2.45) is 0 Å². The van der Waals surface area contributed by atoms with Crippen molar-refractivity contribution >= 4 is 5.91 Å².